The standard InChI is InChI=1S/C26H25N7O3S/c34-26(23-8-4-12-27-23)29-14-10-18-16-21-20(22-17-31-33-24(22)9-5-13-30-33)11-15-28-25(21)32(18)37(35,36)19-6-2-1-3-7-19/h1-3,5-7,9,11,13,15-17,23,27H,4,8,10,12,14H2,(H,29,34). The summed E-state index contributed by atoms with van der Waals surface area (Å²) in [6.07, 6.45) is 7.06. The molecule has 11 heteroatoms. The Morgan fingerprint density at radius 3 is 2.73 bits per heavy atom. The molecule has 4 aromatic heterocycles. The fraction of sp³-hybridized carbons (Fsp3) is 0.231. The predicted octanol–water partition coefficient (Wildman–Crippen LogP) is 2.39. The van der Waals surface area contributed by atoms with Crippen molar-refractivity contribution in [2.75, 3.05) is 13.1 Å². The van der Waals surface area contributed by atoms with Gasteiger partial charge in [-0.3, -0.25) is 4.79 Å². The molecule has 1 atom stereocenters. The molecular formula is C26H25N7O3S. The third kappa shape index (κ3) is 4.15. The van der Waals surface area contributed by atoms with Crippen LogP contribution in [0.1, 0.15) is 18.5 Å². The molecule has 1 fully saturated rings. The lowest BCUT2D eigenvalue weighted by molar-refractivity contribution is -0.122. The van der Waals surface area contributed by atoms with Crippen molar-refractivity contribution in [3.63, 3.8) is 0 Å². The van der Waals surface area contributed by atoms with Gasteiger partial charge in [-0.15, -0.1) is 0 Å². The molecule has 6 rings (SSSR count). The second-order valence-electron chi connectivity index (χ2n) is 8.96. The highest BCUT2D eigenvalue weighted by Gasteiger charge is 2.26. The van der Waals surface area contributed by atoms with E-state index in [0.717, 1.165) is 36.0 Å². The van der Waals surface area contributed by atoms with Gasteiger partial charge < -0.3 is 10.6 Å². The zero-order valence-corrected chi connectivity index (χ0v) is 20.7. The van der Waals surface area contributed by atoms with Crippen LogP contribution in [-0.4, -0.2) is 57.2 Å². The summed E-state index contributed by atoms with van der Waals surface area (Å²) in [5.74, 6) is -0.0660. The van der Waals surface area contributed by atoms with Gasteiger partial charge in [-0.1, -0.05) is 18.2 Å². The Labute approximate surface area is 213 Å². The van der Waals surface area contributed by atoms with Gasteiger partial charge in [-0.05, 0) is 61.3 Å². The van der Waals surface area contributed by atoms with Crippen LogP contribution >= 0.6 is 0 Å². The SMILES string of the molecule is O=C(NCCc1cc2c(-c3cnn4ncccc34)ccnc2n1S(=O)(=O)c1ccccc1)C1CCCN1. The molecule has 1 aromatic carbocycles. The Morgan fingerprint density at radius 2 is 1.92 bits per heavy atom. The number of rotatable bonds is 7. The minimum atomic E-state index is -3.95. The van der Waals surface area contributed by atoms with Crippen LogP contribution in [0.3, 0.4) is 0 Å². The van der Waals surface area contributed by atoms with Gasteiger partial charge in [-0.25, -0.2) is 17.4 Å². The van der Waals surface area contributed by atoms with Crippen LogP contribution in [0, 0.1) is 0 Å². The third-order valence-corrected chi connectivity index (χ3v) is 8.42. The molecule has 188 valence electrons. The molecule has 0 bridgehead atoms. The molecule has 2 N–H and O–H groups in total. The Kier molecular flexibility index (Phi) is 5.93. The van der Waals surface area contributed by atoms with Crippen molar-refractivity contribution in [2.24, 2.45) is 0 Å². The summed E-state index contributed by atoms with van der Waals surface area (Å²) in [5.41, 5.74) is 3.28. The number of nitrogens with one attached hydrogen (secondary N) is 2. The first-order valence-corrected chi connectivity index (χ1v) is 13.6. The number of carbonyl (C=O) groups excluding carboxylic acids is 1. The van der Waals surface area contributed by atoms with Crippen molar-refractivity contribution in [2.45, 2.75) is 30.2 Å². The van der Waals surface area contributed by atoms with Crippen molar-refractivity contribution in [3.8, 4) is 11.1 Å². The van der Waals surface area contributed by atoms with Crippen LogP contribution in [0.4, 0.5) is 0 Å². The summed E-state index contributed by atoms with van der Waals surface area (Å²) in [6, 6.07) is 15.5. The Balaban J connectivity index is 1.46. The Hall–Kier alpha value is -4.09. The summed E-state index contributed by atoms with van der Waals surface area (Å²) >= 11 is 0. The molecule has 0 spiro atoms. The maximum absolute atomic E-state index is 13.8. The fourth-order valence-corrected chi connectivity index (χ4v) is 6.43. The smallest absolute Gasteiger partial charge is 0.269 e. The summed E-state index contributed by atoms with van der Waals surface area (Å²) in [6.45, 7) is 1.13. The first-order valence-electron chi connectivity index (χ1n) is 12.1. The number of nitrogens with zero attached hydrogens (tertiary/aromatic N) is 5. The molecule has 5 aromatic rings. The van der Waals surface area contributed by atoms with Crippen LogP contribution < -0.4 is 10.6 Å². The molecule has 1 unspecified atom stereocenters. The fourth-order valence-electron chi connectivity index (χ4n) is 4.89. The number of aromatic nitrogens is 5. The lowest BCUT2D eigenvalue weighted by atomic mass is 10.1. The average molecular weight is 516 g/mol. The quantitative estimate of drug-likeness (QED) is 0.341. The van der Waals surface area contributed by atoms with E-state index in [1.807, 2.05) is 24.3 Å². The third-order valence-electron chi connectivity index (χ3n) is 6.67. The largest absolute Gasteiger partial charge is 0.354 e. The zero-order chi connectivity index (χ0) is 25.4. The van der Waals surface area contributed by atoms with Gasteiger partial charge in [0.05, 0.1) is 22.7 Å². The van der Waals surface area contributed by atoms with E-state index in [2.05, 4.69) is 25.8 Å². The highest BCUT2D eigenvalue weighted by molar-refractivity contribution is 7.90. The summed E-state index contributed by atoms with van der Waals surface area (Å²) < 4.78 is 30.5. The number of amides is 1. The van der Waals surface area contributed by atoms with E-state index in [1.165, 1.54) is 8.60 Å². The number of benzene rings is 1. The molecule has 1 aliphatic heterocycles. The molecule has 1 aliphatic rings. The summed E-state index contributed by atoms with van der Waals surface area (Å²) in [4.78, 5) is 17.2. The summed E-state index contributed by atoms with van der Waals surface area (Å²) in [5, 5.41) is 15.4. The molecule has 0 radical (unpaired) electrons. The maximum atomic E-state index is 13.8. The van der Waals surface area contributed by atoms with Crippen molar-refractivity contribution < 1.29 is 13.2 Å². The number of pyridine rings is 1. The van der Waals surface area contributed by atoms with Gasteiger partial charge in [0.1, 0.15) is 0 Å². The predicted molar refractivity (Wildman–Crippen MR) is 138 cm³/mol. The van der Waals surface area contributed by atoms with Crippen molar-refractivity contribution >= 4 is 32.5 Å². The Morgan fingerprint density at radius 1 is 1.05 bits per heavy atom. The van der Waals surface area contributed by atoms with Crippen molar-refractivity contribution in [1.82, 2.24) is 34.4 Å². The molecule has 10 nitrogen and oxygen atoms in total. The monoisotopic (exact) mass is 515 g/mol. The van der Waals surface area contributed by atoms with Gasteiger partial charge in [0.2, 0.25) is 5.91 Å². The molecule has 0 saturated carbocycles. The normalized spacial score (nSPS) is 15.9. The van der Waals surface area contributed by atoms with E-state index >= 15 is 0 Å². The van der Waals surface area contributed by atoms with Crippen molar-refractivity contribution in [1.29, 1.82) is 0 Å². The van der Waals surface area contributed by atoms with E-state index in [-0.39, 0.29) is 16.8 Å². The molecular weight excluding hydrogens is 490 g/mol. The summed E-state index contributed by atoms with van der Waals surface area (Å²) in [7, 11) is -3.95. The van der Waals surface area contributed by atoms with Crippen LogP contribution in [-0.2, 0) is 21.2 Å². The van der Waals surface area contributed by atoms with E-state index in [0.29, 0.717) is 29.7 Å². The van der Waals surface area contributed by atoms with Gasteiger partial charge in [0.25, 0.3) is 10.0 Å². The van der Waals surface area contributed by atoms with E-state index in [4.69, 9.17) is 0 Å². The number of fused-ring (bicyclic) bond motifs is 2. The van der Waals surface area contributed by atoms with E-state index in [1.54, 1.807) is 48.9 Å². The lowest BCUT2D eigenvalue weighted by Crippen LogP contribution is -2.41. The van der Waals surface area contributed by atoms with Gasteiger partial charge >= 0.3 is 0 Å². The van der Waals surface area contributed by atoms with Crippen LogP contribution in [0.5, 0.6) is 0 Å². The minimum absolute atomic E-state index is 0.0660. The topological polar surface area (TPSA) is 123 Å². The maximum Gasteiger partial charge on any atom is 0.269 e. The Bertz CT molecular complexity index is 1700. The number of hydrogen-bond acceptors (Lipinski definition) is 7. The second kappa shape index (κ2) is 9.41. The highest BCUT2D eigenvalue weighted by atomic mass is 32.2. The van der Waals surface area contributed by atoms with Crippen LogP contribution in [0.25, 0.3) is 27.7 Å². The second-order valence-corrected chi connectivity index (χ2v) is 10.7. The van der Waals surface area contributed by atoms with Crippen LogP contribution in [0.2, 0.25) is 0 Å². The van der Waals surface area contributed by atoms with E-state index < -0.39 is 10.0 Å². The van der Waals surface area contributed by atoms with E-state index in [9.17, 15) is 13.2 Å². The molecule has 37 heavy (non-hydrogen) atoms. The number of hydrogen-bond donors (Lipinski definition) is 2. The van der Waals surface area contributed by atoms with Crippen LogP contribution in [0.15, 0.2) is 78.1 Å². The van der Waals surface area contributed by atoms with Crippen molar-refractivity contribution in [3.05, 3.63) is 78.9 Å². The minimum Gasteiger partial charge on any atom is -0.354 e. The lowest BCUT2D eigenvalue weighted by Gasteiger charge is -2.13. The molecule has 0 aliphatic carbocycles. The average Bonchev–Trinajstić information content (AvgIpc) is 3.67. The molecule has 1 saturated heterocycles. The first kappa shape index (κ1) is 23.3. The molecule has 5 heterocycles. The van der Waals surface area contributed by atoms with Gasteiger partial charge in [0, 0.05) is 42.0 Å². The zero-order valence-electron chi connectivity index (χ0n) is 19.9. The number of carbonyl (C=O) groups is 1. The first-order chi connectivity index (χ1) is 18.0. The van der Waals surface area contributed by atoms with Gasteiger partial charge in [0.15, 0.2) is 5.65 Å². The molecule has 1 amide bonds. The highest BCUT2D eigenvalue weighted by Crippen LogP contribution is 2.34. The van der Waals surface area contributed by atoms with Gasteiger partial charge in [-0.2, -0.15) is 14.8 Å².